The molecule has 1 aromatic heterocycles. The summed E-state index contributed by atoms with van der Waals surface area (Å²) >= 11 is 6.87. The summed E-state index contributed by atoms with van der Waals surface area (Å²) in [4.78, 5) is 0. The van der Waals surface area contributed by atoms with E-state index in [1.54, 1.807) is 11.4 Å². The van der Waals surface area contributed by atoms with Gasteiger partial charge in [0.15, 0.2) is 0 Å². The third kappa shape index (κ3) is 1.32. The van der Waals surface area contributed by atoms with Crippen molar-refractivity contribution in [3.8, 4) is 0 Å². The monoisotopic (exact) mass is 218 g/mol. The van der Waals surface area contributed by atoms with Crippen molar-refractivity contribution in [2.75, 3.05) is 0 Å². The zero-order valence-electron chi connectivity index (χ0n) is 6.48. The van der Waals surface area contributed by atoms with Gasteiger partial charge in [-0.25, -0.2) is 8.78 Å². The van der Waals surface area contributed by atoms with Crippen LogP contribution in [0.2, 0.25) is 0 Å². The zero-order valence-corrected chi connectivity index (χ0v) is 8.05. The van der Waals surface area contributed by atoms with Gasteiger partial charge in [-0.1, -0.05) is 0 Å². The summed E-state index contributed by atoms with van der Waals surface area (Å²) in [6.45, 7) is 0. The molecule has 13 heavy (non-hydrogen) atoms. The molecule has 0 nitrogen and oxygen atoms in total. The first-order valence-corrected chi connectivity index (χ1v) is 5.05. The maximum atomic E-state index is 13.1. The number of benzene rings is 1. The van der Waals surface area contributed by atoms with Crippen LogP contribution in [0.5, 0.6) is 0 Å². The Labute approximate surface area is 82.8 Å². The summed E-state index contributed by atoms with van der Waals surface area (Å²) in [5.74, 6) is -1.02. The van der Waals surface area contributed by atoms with Crippen LogP contribution < -0.4 is 0 Å². The summed E-state index contributed by atoms with van der Waals surface area (Å²) < 4.78 is 26.9. The highest BCUT2D eigenvalue weighted by molar-refractivity contribution is 7.17. The molecular formula is C9H5ClF2S. The molecule has 0 saturated heterocycles. The topological polar surface area (TPSA) is 0 Å². The second kappa shape index (κ2) is 3.24. The molecule has 2 rings (SSSR count). The number of halogens is 3. The van der Waals surface area contributed by atoms with Crippen LogP contribution in [0.3, 0.4) is 0 Å². The molecule has 0 aliphatic rings. The van der Waals surface area contributed by atoms with Gasteiger partial charge in [-0.05, 0) is 11.4 Å². The largest absolute Gasteiger partial charge is 0.206 e. The first kappa shape index (κ1) is 8.91. The number of hydrogen-bond donors (Lipinski definition) is 0. The molecule has 0 aliphatic carbocycles. The maximum absolute atomic E-state index is 13.1. The van der Waals surface area contributed by atoms with Crippen molar-refractivity contribution in [2.45, 2.75) is 5.88 Å². The van der Waals surface area contributed by atoms with Gasteiger partial charge in [-0.2, -0.15) is 0 Å². The van der Waals surface area contributed by atoms with Gasteiger partial charge < -0.3 is 0 Å². The number of rotatable bonds is 1. The zero-order chi connectivity index (χ0) is 9.42. The van der Waals surface area contributed by atoms with E-state index in [1.165, 1.54) is 11.3 Å². The maximum Gasteiger partial charge on any atom is 0.134 e. The van der Waals surface area contributed by atoms with Crippen molar-refractivity contribution in [1.82, 2.24) is 0 Å². The van der Waals surface area contributed by atoms with Crippen LogP contribution in [0.15, 0.2) is 17.5 Å². The van der Waals surface area contributed by atoms with Gasteiger partial charge >= 0.3 is 0 Å². The van der Waals surface area contributed by atoms with Gasteiger partial charge in [-0.3, -0.25) is 0 Å². The first-order valence-electron chi connectivity index (χ1n) is 3.64. The molecule has 2 aromatic rings. The molecule has 0 amide bonds. The van der Waals surface area contributed by atoms with E-state index >= 15 is 0 Å². The molecular weight excluding hydrogens is 214 g/mol. The SMILES string of the molecule is Fc1cc(F)c2ccsc2c1CCl. The van der Waals surface area contributed by atoms with Crippen LogP contribution in [-0.4, -0.2) is 0 Å². The van der Waals surface area contributed by atoms with Crippen molar-refractivity contribution in [2.24, 2.45) is 0 Å². The fraction of sp³-hybridized carbons (Fsp3) is 0.111. The number of hydrogen-bond acceptors (Lipinski definition) is 1. The highest BCUT2D eigenvalue weighted by Gasteiger charge is 2.11. The third-order valence-electron chi connectivity index (χ3n) is 1.87. The normalized spacial score (nSPS) is 11.0. The smallest absolute Gasteiger partial charge is 0.134 e. The van der Waals surface area contributed by atoms with Crippen molar-refractivity contribution in [3.05, 3.63) is 34.7 Å². The molecule has 0 spiro atoms. The average molecular weight is 219 g/mol. The van der Waals surface area contributed by atoms with Crippen LogP contribution in [0, 0.1) is 11.6 Å². The second-order valence-electron chi connectivity index (χ2n) is 2.62. The van der Waals surface area contributed by atoms with Crippen molar-refractivity contribution >= 4 is 33.0 Å². The second-order valence-corrected chi connectivity index (χ2v) is 3.80. The summed E-state index contributed by atoms with van der Waals surface area (Å²) in [7, 11) is 0. The Morgan fingerprint density at radius 2 is 2.08 bits per heavy atom. The van der Waals surface area contributed by atoms with E-state index < -0.39 is 11.6 Å². The van der Waals surface area contributed by atoms with E-state index in [1.807, 2.05) is 0 Å². The third-order valence-corrected chi connectivity index (χ3v) is 3.11. The van der Waals surface area contributed by atoms with Crippen LogP contribution in [-0.2, 0) is 5.88 Å². The van der Waals surface area contributed by atoms with E-state index in [-0.39, 0.29) is 5.88 Å². The number of thiophene rings is 1. The minimum absolute atomic E-state index is 0.0725. The molecule has 68 valence electrons. The predicted octanol–water partition coefficient (Wildman–Crippen LogP) is 3.92. The van der Waals surface area contributed by atoms with Gasteiger partial charge in [0.05, 0.1) is 5.88 Å². The molecule has 0 N–H and O–H groups in total. The number of alkyl halides is 1. The Hall–Kier alpha value is -0.670. The molecule has 4 heteroatoms. The molecule has 0 saturated carbocycles. The Bertz CT molecular complexity index is 450. The summed E-state index contributed by atoms with van der Waals surface area (Å²) in [5, 5.41) is 2.17. The van der Waals surface area contributed by atoms with Gasteiger partial charge in [-0.15, -0.1) is 22.9 Å². The number of fused-ring (bicyclic) bond motifs is 1. The van der Waals surface area contributed by atoms with Crippen LogP contribution >= 0.6 is 22.9 Å². The fourth-order valence-electron chi connectivity index (χ4n) is 1.24. The quantitative estimate of drug-likeness (QED) is 0.637. The Balaban J connectivity index is 2.88. The standard InChI is InChI=1S/C9H5ClF2S/c10-4-6-8(12)3-7(11)5-1-2-13-9(5)6/h1-3H,4H2. The van der Waals surface area contributed by atoms with E-state index in [2.05, 4.69) is 0 Å². The Morgan fingerprint density at radius 3 is 2.77 bits per heavy atom. The Kier molecular flexibility index (Phi) is 2.22. The van der Waals surface area contributed by atoms with E-state index in [4.69, 9.17) is 11.6 Å². The lowest BCUT2D eigenvalue weighted by Crippen LogP contribution is -1.88. The van der Waals surface area contributed by atoms with Gasteiger partial charge in [0.2, 0.25) is 0 Å². The molecule has 0 atom stereocenters. The molecule has 0 unspecified atom stereocenters. The van der Waals surface area contributed by atoms with Crippen molar-refractivity contribution in [3.63, 3.8) is 0 Å². The molecule has 1 aromatic carbocycles. The lowest BCUT2D eigenvalue weighted by Gasteiger charge is -2.01. The molecule has 0 aliphatic heterocycles. The highest BCUT2D eigenvalue weighted by atomic mass is 35.5. The van der Waals surface area contributed by atoms with Crippen LogP contribution in [0.4, 0.5) is 8.78 Å². The molecule has 0 radical (unpaired) electrons. The lowest BCUT2D eigenvalue weighted by atomic mass is 10.1. The minimum atomic E-state index is -0.567. The van der Waals surface area contributed by atoms with E-state index in [0.29, 0.717) is 15.6 Å². The van der Waals surface area contributed by atoms with E-state index in [0.717, 1.165) is 6.07 Å². The first-order chi connectivity index (χ1) is 6.24. The van der Waals surface area contributed by atoms with E-state index in [9.17, 15) is 8.78 Å². The van der Waals surface area contributed by atoms with Gasteiger partial charge in [0, 0.05) is 21.7 Å². The van der Waals surface area contributed by atoms with Crippen molar-refractivity contribution < 1.29 is 8.78 Å². The van der Waals surface area contributed by atoms with Gasteiger partial charge in [0.25, 0.3) is 0 Å². The fourth-order valence-corrected chi connectivity index (χ4v) is 2.53. The molecule has 0 fully saturated rings. The van der Waals surface area contributed by atoms with Crippen LogP contribution in [0.25, 0.3) is 10.1 Å². The highest BCUT2D eigenvalue weighted by Crippen LogP contribution is 2.30. The summed E-state index contributed by atoms with van der Waals surface area (Å²) in [5.41, 5.74) is 0.382. The molecule has 1 heterocycles. The summed E-state index contributed by atoms with van der Waals surface area (Å²) in [6.07, 6.45) is 0. The van der Waals surface area contributed by atoms with Gasteiger partial charge in [0.1, 0.15) is 11.6 Å². The minimum Gasteiger partial charge on any atom is -0.206 e. The summed E-state index contributed by atoms with van der Waals surface area (Å²) in [6, 6.07) is 2.51. The Morgan fingerprint density at radius 1 is 1.31 bits per heavy atom. The van der Waals surface area contributed by atoms with Crippen LogP contribution in [0.1, 0.15) is 5.56 Å². The lowest BCUT2D eigenvalue weighted by molar-refractivity contribution is 0.586. The van der Waals surface area contributed by atoms with Crippen molar-refractivity contribution in [1.29, 1.82) is 0 Å². The molecule has 0 bridgehead atoms. The average Bonchev–Trinajstić information content (AvgIpc) is 2.53. The predicted molar refractivity (Wildman–Crippen MR) is 51.3 cm³/mol.